The average molecular weight is 439 g/mol. The maximum Gasteiger partial charge on any atom is 0.436 e. The van der Waals surface area contributed by atoms with E-state index in [2.05, 4.69) is 15.1 Å². The Balaban J connectivity index is 1.95. The number of aromatic nitrogens is 2. The summed E-state index contributed by atoms with van der Waals surface area (Å²) in [5.74, 6) is -0.281. The van der Waals surface area contributed by atoms with Crippen LogP contribution in [0.5, 0.6) is 0 Å². The monoisotopic (exact) mass is 438 g/mol. The van der Waals surface area contributed by atoms with Crippen LogP contribution in [-0.2, 0) is 27.5 Å². The summed E-state index contributed by atoms with van der Waals surface area (Å²) >= 11 is 5.67. The van der Waals surface area contributed by atoms with E-state index in [1.807, 2.05) is 0 Å². The quantitative estimate of drug-likeness (QED) is 0.649. The number of amides is 1. The van der Waals surface area contributed by atoms with Gasteiger partial charge in [0.1, 0.15) is 0 Å². The molecular formula is C16H18ClF3N4O3S. The van der Waals surface area contributed by atoms with Crippen molar-refractivity contribution in [2.45, 2.75) is 37.9 Å². The number of alkyl halides is 3. The first-order chi connectivity index (χ1) is 12.9. The summed E-state index contributed by atoms with van der Waals surface area (Å²) in [7, 11) is -3.79. The number of rotatable bonds is 7. The summed E-state index contributed by atoms with van der Waals surface area (Å²) in [6, 6.07) is 5.56. The molecule has 0 aliphatic heterocycles. The van der Waals surface area contributed by atoms with Crippen molar-refractivity contribution in [3.05, 3.63) is 40.7 Å². The second-order valence-electron chi connectivity index (χ2n) is 5.93. The molecule has 0 saturated heterocycles. The van der Waals surface area contributed by atoms with Crippen molar-refractivity contribution in [2.24, 2.45) is 0 Å². The molecule has 1 aromatic heterocycles. The summed E-state index contributed by atoms with van der Waals surface area (Å²) in [6.45, 7) is 2.80. The Morgan fingerprint density at radius 3 is 2.36 bits per heavy atom. The zero-order valence-corrected chi connectivity index (χ0v) is 16.5. The molecule has 0 radical (unpaired) electrons. The highest BCUT2D eigenvalue weighted by atomic mass is 35.5. The van der Waals surface area contributed by atoms with Crippen LogP contribution >= 0.6 is 11.6 Å². The number of halogens is 4. The van der Waals surface area contributed by atoms with Gasteiger partial charge < -0.3 is 5.32 Å². The summed E-state index contributed by atoms with van der Waals surface area (Å²) in [5, 5.41) is 5.51. The van der Waals surface area contributed by atoms with E-state index in [-0.39, 0.29) is 36.0 Å². The second kappa shape index (κ2) is 8.50. The molecule has 0 saturated carbocycles. The minimum atomic E-state index is -4.65. The molecular weight excluding hydrogens is 421 g/mol. The molecule has 154 valence electrons. The molecule has 2 N–H and O–H groups in total. The highest BCUT2D eigenvalue weighted by Gasteiger charge is 2.38. The molecule has 1 amide bonds. The van der Waals surface area contributed by atoms with E-state index in [0.717, 1.165) is 4.68 Å². The standard InChI is InChI=1S/C16H18ClF3N4O3S/c1-10-14(17)15(16(18,19)20)23-24(10)9-3-8-21-28(26,27)13-6-4-12(5-7-13)22-11(2)25/h4-7,21H,3,8-9H2,1-2H3,(H,22,25). The number of carbonyl (C=O) groups excluding carboxylic acids is 1. The Morgan fingerprint density at radius 1 is 1.25 bits per heavy atom. The van der Waals surface area contributed by atoms with Crippen molar-refractivity contribution in [3.8, 4) is 0 Å². The van der Waals surface area contributed by atoms with E-state index >= 15 is 0 Å². The van der Waals surface area contributed by atoms with Gasteiger partial charge in [-0.3, -0.25) is 9.48 Å². The van der Waals surface area contributed by atoms with E-state index in [1.54, 1.807) is 0 Å². The van der Waals surface area contributed by atoms with Crippen molar-refractivity contribution >= 4 is 33.2 Å². The maximum atomic E-state index is 12.8. The van der Waals surface area contributed by atoms with Gasteiger partial charge in [-0.25, -0.2) is 13.1 Å². The maximum absolute atomic E-state index is 12.8. The second-order valence-corrected chi connectivity index (χ2v) is 8.07. The molecule has 0 fully saturated rings. The lowest BCUT2D eigenvalue weighted by molar-refractivity contribution is -0.141. The Hall–Kier alpha value is -2.11. The first-order valence-electron chi connectivity index (χ1n) is 8.09. The number of benzene rings is 1. The van der Waals surface area contributed by atoms with Crippen LogP contribution < -0.4 is 10.0 Å². The van der Waals surface area contributed by atoms with Crippen LogP contribution in [0.2, 0.25) is 5.02 Å². The smallest absolute Gasteiger partial charge is 0.326 e. The Labute approximate surface area is 164 Å². The number of carbonyl (C=O) groups is 1. The molecule has 2 aromatic rings. The van der Waals surface area contributed by atoms with Gasteiger partial charge in [-0.15, -0.1) is 0 Å². The van der Waals surface area contributed by atoms with Crippen LogP contribution in [0.4, 0.5) is 18.9 Å². The van der Waals surface area contributed by atoms with E-state index in [1.165, 1.54) is 38.1 Å². The van der Waals surface area contributed by atoms with Crippen molar-refractivity contribution in [1.82, 2.24) is 14.5 Å². The zero-order chi connectivity index (χ0) is 21.1. The van der Waals surface area contributed by atoms with Gasteiger partial charge >= 0.3 is 6.18 Å². The van der Waals surface area contributed by atoms with Gasteiger partial charge in [0.15, 0.2) is 5.69 Å². The molecule has 28 heavy (non-hydrogen) atoms. The van der Waals surface area contributed by atoms with Gasteiger partial charge in [-0.05, 0) is 37.6 Å². The van der Waals surface area contributed by atoms with Crippen LogP contribution in [0.15, 0.2) is 29.2 Å². The lowest BCUT2D eigenvalue weighted by atomic mass is 10.3. The Morgan fingerprint density at radius 2 is 1.86 bits per heavy atom. The molecule has 1 aromatic carbocycles. The third-order valence-corrected chi connectivity index (χ3v) is 5.66. The summed E-state index contributed by atoms with van der Waals surface area (Å²) in [5.41, 5.74) is -0.546. The molecule has 0 unspecified atom stereocenters. The van der Waals surface area contributed by atoms with E-state index in [0.29, 0.717) is 5.69 Å². The molecule has 0 atom stereocenters. The highest BCUT2D eigenvalue weighted by Crippen LogP contribution is 2.35. The predicted molar refractivity (Wildman–Crippen MR) is 97.5 cm³/mol. The van der Waals surface area contributed by atoms with E-state index in [4.69, 9.17) is 11.6 Å². The first-order valence-corrected chi connectivity index (χ1v) is 9.95. The summed E-state index contributed by atoms with van der Waals surface area (Å²) in [4.78, 5) is 11.0. The lowest BCUT2D eigenvalue weighted by Crippen LogP contribution is -2.25. The number of hydrogen-bond acceptors (Lipinski definition) is 4. The lowest BCUT2D eigenvalue weighted by Gasteiger charge is -2.09. The summed E-state index contributed by atoms with van der Waals surface area (Å²) in [6.07, 6.45) is -4.45. The van der Waals surface area contributed by atoms with Gasteiger partial charge in [0.05, 0.1) is 15.6 Å². The third-order valence-electron chi connectivity index (χ3n) is 3.73. The van der Waals surface area contributed by atoms with Gasteiger partial charge in [0, 0.05) is 25.7 Å². The average Bonchev–Trinajstić information content (AvgIpc) is 2.87. The Bertz CT molecular complexity index is 957. The van der Waals surface area contributed by atoms with Crippen LogP contribution in [0.1, 0.15) is 24.7 Å². The fraction of sp³-hybridized carbons (Fsp3) is 0.375. The van der Waals surface area contributed by atoms with Crippen molar-refractivity contribution in [2.75, 3.05) is 11.9 Å². The van der Waals surface area contributed by atoms with Crippen molar-refractivity contribution in [1.29, 1.82) is 0 Å². The van der Waals surface area contributed by atoms with E-state index < -0.39 is 26.9 Å². The number of nitrogens with one attached hydrogen (secondary N) is 2. The van der Waals surface area contributed by atoms with E-state index in [9.17, 15) is 26.4 Å². The third kappa shape index (κ3) is 5.46. The number of sulfonamides is 1. The van der Waals surface area contributed by atoms with Crippen LogP contribution in [0, 0.1) is 6.92 Å². The predicted octanol–water partition coefficient (Wildman–Crippen LogP) is 3.19. The minimum Gasteiger partial charge on any atom is -0.326 e. The summed E-state index contributed by atoms with van der Waals surface area (Å²) < 4.78 is 66.3. The first kappa shape index (κ1) is 22.2. The fourth-order valence-electron chi connectivity index (χ4n) is 2.36. The Kier molecular flexibility index (Phi) is 6.73. The topological polar surface area (TPSA) is 93.1 Å². The SMILES string of the molecule is CC(=O)Nc1ccc(S(=O)(=O)NCCCn2nc(C(F)(F)F)c(Cl)c2C)cc1. The van der Waals surface area contributed by atoms with Crippen LogP contribution in [-0.4, -0.2) is 30.7 Å². The minimum absolute atomic E-state index is 0.000672. The number of hydrogen-bond donors (Lipinski definition) is 2. The largest absolute Gasteiger partial charge is 0.436 e. The number of aryl methyl sites for hydroxylation is 1. The fourth-order valence-corrected chi connectivity index (χ4v) is 3.68. The van der Waals surface area contributed by atoms with Gasteiger partial charge in [0.2, 0.25) is 15.9 Å². The normalized spacial score (nSPS) is 12.2. The molecule has 0 bridgehead atoms. The number of anilines is 1. The number of nitrogens with zero attached hydrogens (tertiary/aromatic N) is 2. The van der Waals surface area contributed by atoms with Crippen molar-refractivity contribution in [3.63, 3.8) is 0 Å². The van der Waals surface area contributed by atoms with Crippen LogP contribution in [0.25, 0.3) is 0 Å². The zero-order valence-electron chi connectivity index (χ0n) is 15.0. The molecule has 2 rings (SSSR count). The van der Waals surface area contributed by atoms with Gasteiger partial charge in [-0.1, -0.05) is 11.6 Å². The molecule has 0 aliphatic rings. The van der Waals surface area contributed by atoms with Gasteiger partial charge in [-0.2, -0.15) is 18.3 Å². The van der Waals surface area contributed by atoms with Crippen LogP contribution in [0.3, 0.4) is 0 Å². The molecule has 0 aliphatic carbocycles. The van der Waals surface area contributed by atoms with Crippen molar-refractivity contribution < 1.29 is 26.4 Å². The molecule has 0 spiro atoms. The molecule has 1 heterocycles. The highest BCUT2D eigenvalue weighted by molar-refractivity contribution is 7.89. The molecule has 12 heteroatoms. The molecule has 7 nitrogen and oxygen atoms in total. The van der Waals surface area contributed by atoms with Gasteiger partial charge in [0.25, 0.3) is 0 Å².